The highest BCUT2D eigenvalue weighted by Crippen LogP contribution is 2.39. The molecule has 116 valence electrons. The molecule has 3 rings (SSSR count). The second-order valence-electron chi connectivity index (χ2n) is 5.08. The van der Waals surface area contributed by atoms with Gasteiger partial charge in [0, 0.05) is 22.1 Å². The first-order valence-corrected chi connectivity index (χ1v) is 7.45. The minimum absolute atomic E-state index is 0.306. The molecule has 2 aromatic carbocycles. The highest BCUT2D eigenvalue weighted by atomic mass is 32.1. The Bertz CT molecular complexity index is 857. The monoisotopic (exact) mass is 325 g/mol. The number of aromatic amines is 1. The SMILES string of the molecule is COc1ccc(-c2[nH]nc(C)c2-c2ccc(S)cc2)c(N=O)c1. The second kappa shape index (κ2) is 6.26. The highest BCUT2D eigenvalue weighted by Gasteiger charge is 2.17. The van der Waals surface area contributed by atoms with Gasteiger partial charge in [-0.15, -0.1) is 17.5 Å². The maximum atomic E-state index is 11.2. The molecule has 0 aliphatic heterocycles. The molecular weight excluding hydrogens is 310 g/mol. The number of ether oxygens (including phenoxy) is 1. The zero-order valence-corrected chi connectivity index (χ0v) is 13.6. The summed E-state index contributed by atoms with van der Waals surface area (Å²) in [6, 6.07) is 13.0. The molecule has 3 aromatic rings. The quantitative estimate of drug-likeness (QED) is 0.537. The number of nitroso groups, excluding NO2 is 1. The van der Waals surface area contributed by atoms with E-state index in [4.69, 9.17) is 4.74 Å². The van der Waals surface area contributed by atoms with Crippen LogP contribution in [0.3, 0.4) is 0 Å². The van der Waals surface area contributed by atoms with E-state index >= 15 is 0 Å². The third kappa shape index (κ3) is 2.85. The maximum Gasteiger partial charge on any atom is 0.121 e. The fourth-order valence-electron chi connectivity index (χ4n) is 2.53. The predicted octanol–water partition coefficient (Wildman–Crippen LogP) is 4.75. The number of thiol groups is 1. The first kappa shape index (κ1) is 15.3. The van der Waals surface area contributed by atoms with Crippen LogP contribution >= 0.6 is 12.6 Å². The van der Waals surface area contributed by atoms with Crippen LogP contribution in [0, 0.1) is 11.8 Å². The number of H-pyrrole nitrogens is 1. The van der Waals surface area contributed by atoms with E-state index in [0.717, 1.165) is 27.4 Å². The molecule has 0 fully saturated rings. The van der Waals surface area contributed by atoms with Crippen LogP contribution in [0.2, 0.25) is 0 Å². The van der Waals surface area contributed by atoms with Gasteiger partial charge in [0.2, 0.25) is 0 Å². The predicted molar refractivity (Wildman–Crippen MR) is 93.5 cm³/mol. The summed E-state index contributed by atoms with van der Waals surface area (Å²) in [6.07, 6.45) is 0. The average molecular weight is 325 g/mol. The number of methoxy groups -OCH3 is 1. The normalized spacial score (nSPS) is 10.6. The van der Waals surface area contributed by atoms with Crippen molar-refractivity contribution in [3.8, 4) is 28.1 Å². The van der Waals surface area contributed by atoms with Gasteiger partial charge < -0.3 is 4.74 Å². The van der Waals surface area contributed by atoms with Crippen LogP contribution in [0.5, 0.6) is 5.75 Å². The van der Waals surface area contributed by atoms with Gasteiger partial charge >= 0.3 is 0 Å². The first-order chi connectivity index (χ1) is 11.1. The third-order valence-corrected chi connectivity index (χ3v) is 3.97. The summed E-state index contributed by atoms with van der Waals surface area (Å²) in [7, 11) is 1.55. The maximum absolute atomic E-state index is 11.2. The standard InChI is InChI=1S/C17H15N3O2S/c1-10-16(11-3-6-13(23)7-4-11)17(19-18-10)14-8-5-12(22-2)9-15(14)20-21/h3-9,23H,1-2H3,(H,18,19). The van der Waals surface area contributed by atoms with Gasteiger partial charge in [-0.3, -0.25) is 5.10 Å². The molecule has 0 spiro atoms. The van der Waals surface area contributed by atoms with Crippen LogP contribution in [0.25, 0.3) is 22.4 Å². The van der Waals surface area contributed by atoms with Crippen molar-refractivity contribution in [3.05, 3.63) is 53.1 Å². The molecular formula is C17H15N3O2S. The molecule has 0 aliphatic carbocycles. The smallest absolute Gasteiger partial charge is 0.121 e. The zero-order valence-electron chi connectivity index (χ0n) is 12.7. The lowest BCUT2D eigenvalue weighted by atomic mass is 9.98. The Morgan fingerprint density at radius 3 is 2.57 bits per heavy atom. The number of aryl methyl sites for hydroxylation is 1. The van der Waals surface area contributed by atoms with E-state index in [9.17, 15) is 4.91 Å². The first-order valence-electron chi connectivity index (χ1n) is 7.00. The second-order valence-corrected chi connectivity index (χ2v) is 5.60. The number of hydrogen-bond acceptors (Lipinski definition) is 5. The number of nitrogens with one attached hydrogen (secondary N) is 1. The lowest BCUT2D eigenvalue weighted by Crippen LogP contribution is -1.87. The van der Waals surface area contributed by atoms with Crippen molar-refractivity contribution < 1.29 is 4.74 Å². The molecule has 23 heavy (non-hydrogen) atoms. The fourth-order valence-corrected chi connectivity index (χ4v) is 2.68. The van der Waals surface area contributed by atoms with Crippen molar-refractivity contribution in [2.24, 2.45) is 5.18 Å². The van der Waals surface area contributed by atoms with Gasteiger partial charge in [0.15, 0.2) is 0 Å². The molecule has 1 heterocycles. The molecule has 0 atom stereocenters. The summed E-state index contributed by atoms with van der Waals surface area (Å²) >= 11 is 4.31. The van der Waals surface area contributed by atoms with E-state index in [1.807, 2.05) is 31.2 Å². The van der Waals surface area contributed by atoms with Crippen LogP contribution in [0.4, 0.5) is 5.69 Å². The molecule has 0 saturated heterocycles. The highest BCUT2D eigenvalue weighted by molar-refractivity contribution is 7.80. The Morgan fingerprint density at radius 2 is 1.91 bits per heavy atom. The molecule has 0 bridgehead atoms. The topological polar surface area (TPSA) is 67.3 Å². The fraction of sp³-hybridized carbons (Fsp3) is 0.118. The van der Waals surface area contributed by atoms with E-state index in [2.05, 4.69) is 28.0 Å². The summed E-state index contributed by atoms with van der Waals surface area (Å²) in [6.45, 7) is 1.92. The number of nitrogens with zero attached hydrogens (tertiary/aromatic N) is 2. The van der Waals surface area contributed by atoms with Crippen LogP contribution in [-0.2, 0) is 0 Å². The van der Waals surface area contributed by atoms with Crippen molar-refractivity contribution >= 4 is 18.3 Å². The summed E-state index contributed by atoms with van der Waals surface area (Å²) in [5, 5.41) is 10.4. The lowest BCUT2D eigenvalue weighted by Gasteiger charge is -2.08. The molecule has 1 aromatic heterocycles. The van der Waals surface area contributed by atoms with Crippen molar-refractivity contribution in [2.75, 3.05) is 7.11 Å². The summed E-state index contributed by atoms with van der Waals surface area (Å²) in [5.74, 6) is 0.584. The van der Waals surface area contributed by atoms with Gasteiger partial charge in [0.05, 0.1) is 18.5 Å². The van der Waals surface area contributed by atoms with E-state index in [1.54, 1.807) is 25.3 Å². The third-order valence-electron chi connectivity index (χ3n) is 3.68. The van der Waals surface area contributed by atoms with Crippen LogP contribution < -0.4 is 4.74 Å². The number of hydrogen-bond donors (Lipinski definition) is 2. The van der Waals surface area contributed by atoms with Gasteiger partial charge in [-0.05, 0) is 41.9 Å². The van der Waals surface area contributed by atoms with Crippen molar-refractivity contribution in [2.45, 2.75) is 11.8 Å². The Balaban J connectivity index is 2.19. The van der Waals surface area contributed by atoms with Crippen molar-refractivity contribution in [3.63, 3.8) is 0 Å². The molecule has 0 amide bonds. The molecule has 6 heteroatoms. The molecule has 0 saturated carbocycles. The van der Waals surface area contributed by atoms with E-state index in [-0.39, 0.29) is 0 Å². The minimum Gasteiger partial charge on any atom is -0.497 e. The molecule has 0 radical (unpaired) electrons. The summed E-state index contributed by atoms with van der Waals surface area (Å²) < 4.78 is 5.15. The Kier molecular flexibility index (Phi) is 4.16. The van der Waals surface area contributed by atoms with E-state index in [1.165, 1.54) is 0 Å². The molecule has 1 N–H and O–H groups in total. The number of rotatable bonds is 4. The van der Waals surface area contributed by atoms with Gasteiger partial charge in [-0.1, -0.05) is 12.1 Å². The molecule has 5 nitrogen and oxygen atoms in total. The molecule has 0 aliphatic rings. The van der Waals surface area contributed by atoms with E-state index < -0.39 is 0 Å². The van der Waals surface area contributed by atoms with Gasteiger partial charge in [0.1, 0.15) is 11.4 Å². The van der Waals surface area contributed by atoms with Gasteiger partial charge in [-0.2, -0.15) is 5.10 Å². The Labute approximate surface area is 139 Å². The van der Waals surface area contributed by atoms with Crippen LogP contribution in [-0.4, -0.2) is 17.3 Å². The van der Waals surface area contributed by atoms with Crippen LogP contribution in [0.1, 0.15) is 5.69 Å². The van der Waals surface area contributed by atoms with Gasteiger partial charge in [0.25, 0.3) is 0 Å². The average Bonchev–Trinajstić information content (AvgIpc) is 2.96. The van der Waals surface area contributed by atoms with Crippen molar-refractivity contribution in [1.29, 1.82) is 0 Å². The van der Waals surface area contributed by atoms with E-state index in [0.29, 0.717) is 17.0 Å². The largest absolute Gasteiger partial charge is 0.497 e. The number of benzene rings is 2. The minimum atomic E-state index is 0.306. The lowest BCUT2D eigenvalue weighted by molar-refractivity contribution is 0.415. The van der Waals surface area contributed by atoms with Crippen molar-refractivity contribution in [1.82, 2.24) is 10.2 Å². The zero-order chi connectivity index (χ0) is 16.4. The Morgan fingerprint density at radius 1 is 1.17 bits per heavy atom. The van der Waals surface area contributed by atoms with Crippen LogP contribution in [0.15, 0.2) is 52.5 Å². The Hall–Kier alpha value is -2.60. The summed E-state index contributed by atoms with van der Waals surface area (Å²) in [5.41, 5.74) is 4.53. The molecule has 0 unspecified atom stereocenters. The van der Waals surface area contributed by atoms with Gasteiger partial charge in [-0.25, -0.2) is 0 Å². The summed E-state index contributed by atoms with van der Waals surface area (Å²) in [4.78, 5) is 12.1. The number of aromatic nitrogens is 2.